The molecule has 28 heavy (non-hydrogen) atoms. The van der Waals surface area contributed by atoms with Crippen LogP contribution in [0.1, 0.15) is 63.5 Å². The lowest BCUT2D eigenvalue weighted by Gasteiger charge is -2.55. The number of nitrogens with zero attached hydrogens (tertiary/aromatic N) is 1. The fourth-order valence-electron chi connectivity index (χ4n) is 5.40. The van der Waals surface area contributed by atoms with Crippen molar-refractivity contribution >= 4 is 5.97 Å². The van der Waals surface area contributed by atoms with E-state index in [9.17, 15) is 4.79 Å². The van der Waals surface area contributed by atoms with Crippen LogP contribution in [0.3, 0.4) is 0 Å². The monoisotopic (exact) mass is 385 g/mol. The van der Waals surface area contributed by atoms with Crippen molar-refractivity contribution < 1.29 is 14.6 Å². The second-order valence-corrected chi connectivity index (χ2v) is 9.58. The summed E-state index contributed by atoms with van der Waals surface area (Å²) in [6.07, 6.45) is 9.00. The number of unbranched alkanes of at least 4 members (excludes halogenated alkanes) is 1. The minimum Gasteiger partial charge on any atom is -0.493 e. The predicted octanol–water partition coefficient (Wildman–Crippen LogP) is 4.55. The molecular weight excluding hydrogens is 350 g/mol. The van der Waals surface area contributed by atoms with Gasteiger partial charge in [0.25, 0.3) is 0 Å². The van der Waals surface area contributed by atoms with Gasteiger partial charge in [-0.05, 0) is 61.3 Å². The second kappa shape index (κ2) is 8.06. The number of rotatable bonds is 9. The van der Waals surface area contributed by atoms with Crippen molar-refractivity contribution in [3.8, 4) is 5.75 Å². The molecule has 0 radical (unpaired) electrons. The molecule has 3 aliphatic rings. The lowest BCUT2D eigenvalue weighted by atomic mass is 9.71. The number of ether oxygens (including phenoxy) is 1. The molecule has 1 N–H and O–H groups in total. The van der Waals surface area contributed by atoms with Crippen molar-refractivity contribution in [3.05, 3.63) is 29.3 Å². The van der Waals surface area contributed by atoms with E-state index in [1.165, 1.54) is 43.2 Å². The molecule has 2 fully saturated rings. The van der Waals surface area contributed by atoms with Gasteiger partial charge in [-0.3, -0.25) is 9.69 Å². The number of likely N-dealkylation sites (tertiary alicyclic amines) is 1. The molecule has 2 aliphatic carbocycles. The van der Waals surface area contributed by atoms with E-state index >= 15 is 0 Å². The molecule has 1 atom stereocenters. The van der Waals surface area contributed by atoms with Crippen molar-refractivity contribution in [2.45, 2.75) is 71.3 Å². The number of benzene rings is 1. The van der Waals surface area contributed by atoms with E-state index in [1.54, 1.807) is 0 Å². The van der Waals surface area contributed by atoms with Crippen LogP contribution in [0, 0.1) is 17.3 Å². The van der Waals surface area contributed by atoms with Crippen LogP contribution in [0.25, 0.3) is 0 Å². The summed E-state index contributed by atoms with van der Waals surface area (Å²) in [5.41, 5.74) is 3.35. The summed E-state index contributed by atoms with van der Waals surface area (Å²) in [6, 6.07) is 7.22. The van der Waals surface area contributed by atoms with Crippen LogP contribution in [0.4, 0.5) is 0 Å². The molecule has 1 spiro atoms. The van der Waals surface area contributed by atoms with E-state index in [4.69, 9.17) is 9.84 Å². The summed E-state index contributed by atoms with van der Waals surface area (Å²) in [6.45, 7) is 7.61. The zero-order valence-electron chi connectivity index (χ0n) is 17.5. The molecule has 0 aromatic heterocycles. The van der Waals surface area contributed by atoms with E-state index < -0.39 is 5.97 Å². The molecule has 1 aromatic rings. The van der Waals surface area contributed by atoms with Gasteiger partial charge in [0, 0.05) is 24.5 Å². The molecule has 1 unspecified atom stereocenters. The quantitative estimate of drug-likeness (QED) is 0.678. The molecular formula is C24H35NO3. The first-order valence-electron chi connectivity index (χ1n) is 11.2. The number of aliphatic carboxylic acids is 1. The highest BCUT2D eigenvalue weighted by atomic mass is 16.5. The van der Waals surface area contributed by atoms with Gasteiger partial charge in [0.2, 0.25) is 0 Å². The average molecular weight is 386 g/mol. The summed E-state index contributed by atoms with van der Waals surface area (Å²) >= 11 is 0. The lowest BCUT2D eigenvalue weighted by Crippen LogP contribution is -2.63. The fraction of sp³-hybridized carbons (Fsp3) is 0.708. The smallest absolute Gasteiger partial charge is 0.306 e. The maximum absolute atomic E-state index is 11.0. The Balaban J connectivity index is 1.27. The first kappa shape index (κ1) is 19.8. The Morgan fingerprint density at radius 1 is 1.25 bits per heavy atom. The predicted molar refractivity (Wildman–Crippen MR) is 111 cm³/mol. The van der Waals surface area contributed by atoms with Crippen LogP contribution < -0.4 is 4.74 Å². The Kier molecular flexibility index (Phi) is 5.69. The van der Waals surface area contributed by atoms with Crippen molar-refractivity contribution in [2.75, 3.05) is 19.7 Å². The van der Waals surface area contributed by atoms with E-state index in [0.717, 1.165) is 44.7 Å². The van der Waals surface area contributed by atoms with Crippen molar-refractivity contribution in [1.82, 2.24) is 4.90 Å². The standard InChI is InChI=1S/C24H35NO3/c1-3-5-6-17(4-2)14-28-22-8-7-18-12-24(13-20(18)11-22)15-25(16-24)21-9-19(10-21)23(26)27/h7-8,11,17,19,21H,3-6,9-10,12-16H2,1-2H3,(H,26,27). The normalized spacial score (nSPS) is 26.4. The summed E-state index contributed by atoms with van der Waals surface area (Å²) in [7, 11) is 0. The molecule has 4 heteroatoms. The Hall–Kier alpha value is -1.55. The Labute approximate surface area is 169 Å². The highest BCUT2D eigenvalue weighted by Gasteiger charge is 2.51. The first-order valence-corrected chi connectivity index (χ1v) is 11.2. The zero-order valence-corrected chi connectivity index (χ0v) is 17.5. The number of fused-ring (bicyclic) bond motifs is 1. The highest BCUT2D eigenvalue weighted by Crippen LogP contribution is 2.48. The van der Waals surface area contributed by atoms with Crippen LogP contribution in [0.5, 0.6) is 5.75 Å². The number of carboxylic acids is 1. The van der Waals surface area contributed by atoms with E-state index in [1.807, 2.05) is 0 Å². The molecule has 1 aromatic carbocycles. The number of hydrogen-bond acceptors (Lipinski definition) is 3. The Bertz CT molecular complexity index is 704. The summed E-state index contributed by atoms with van der Waals surface area (Å²) in [4.78, 5) is 13.5. The minimum absolute atomic E-state index is 0.105. The van der Waals surface area contributed by atoms with Gasteiger partial charge in [-0.15, -0.1) is 0 Å². The number of hydrogen-bond donors (Lipinski definition) is 1. The zero-order chi connectivity index (χ0) is 19.7. The number of carboxylic acid groups (broad SMARTS) is 1. The van der Waals surface area contributed by atoms with Crippen molar-refractivity contribution in [3.63, 3.8) is 0 Å². The van der Waals surface area contributed by atoms with E-state index in [-0.39, 0.29) is 5.92 Å². The molecule has 0 bridgehead atoms. The molecule has 1 saturated heterocycles. The Morgan fingerprint density at radius 3 is 2.68 bits per heavy atom. The van der Waals surface area contributed by atoms with Gasteiger partial charge < -0.3 is 9.84 Å². The number of carbonyl (C=O) groups is 1. The lowest BCUT2D eigenvalue weighted by molar-refractivity contribution is -0.150. The van der Waals surface area contributed by atoms with Gasteiger partial charge in [-0.2, -0.15) is 0 Å². The van der Waals surface area contributed by atoms with Gasteiger partial charge in [-0.25, -0.2) is 0 Å². The summed E-state index contributed by atoms with van der Waals surface area (Å²) in [5.74, 6) is 0.973. The van der Waals surface area contributed by atoms with Crippen LogP contribution in [-0.2, 0) is 17.6 Å². The maximum Gasteiger partial charge on any atom is 0.306 e. The third-order valence-electron chi connectivity index (χ3n) is 7.39. The fourth-order valence-corrected chi connectivity index (χ4v) is 5.40. The third kappa shape index (κ3) is 3.94. The van der Waals surface area contributed by atoms with Gasteiger partial charge >= 0.3 is 5.97 Å². The van der Waals surface area contributed by atoms with Gasteiger partial charge in [0.1, 0.15) is 5.75 Å². The van der Waals surface area contributed by atoms with E-state index in [2.05, 4.69) is 36.9 Å². The molecule has 4 nitrogen and oxygen atoms in total. The first-order chi connectivity index (χ1) is 13.5. The van der Waals surface area contributed by atoms with Gasteiger partial charge in [0.05, 0.1) is 12.5 Å². The van der Waals surface area contributed by atoms with Crippen LogP contribution in [-0.4, -0.2) is 41.7 Å². The minimum atomic E-state index is -0.618. The average Bonchev–Trinajstić information content (AvgIpc) is 2.99. The van der Waals surface area contributed by atoms with Gasteiger partial charge in [-0.1, -0.05) is 39.2 Å². The highest BCUT2D eigenvalue weighted by molar-refractivity contribution is 5.71. The molecule has 1 saturated carbocycles. The molecule has 1 aliphatic heterocycles. The van der Waals surface area contributed by atoms with Crippen molar-refractivity contribution in [1.29, 1.82) is 0 Å². The SMILES string of the molecule is CCCCC(CC)COc1ccc2c(c1)CC1(C2)CN(C2CC(C(=O)O)C2)C1. The Morgan fingerprint density at radius 2 is 2.00 bits per heavy atom. The molecule has 154 valence electrons. The maximum atomic E-state index is 11.0. The summed E-state index contributed by atoms with van der Waals surface area (Å²) < 4.78 is 6.16. The van der Waals surface area contributed by atoms with E-state index in [0.29, 0.717) is 17.4 Å². The van der Waals surface area contributed by atoms with Crippen LogP contribution in [0.2, 0.25) is 0 Å². The third-order valence-corrected chi connectivity index (χ3v) is 7.39. The summed E-state index contributed by atoms with van der Waals surface area (Å²) in [5, 5.41) is 9.08. The van der Waals surface area contributed by atoms with Crippen LogP contribution >= 0.6 is 0 Å². The topological polar surface area (TPSA) is 49.8 Å². The molecule has 4 rings (SSSR count). The van der Waals surface area contributed by atoms with Crippen molar-refractivity contribution in [2.24, 2.45) is 17.3 Å². The molecule has 0 amide bonds. The van der Waals surface area contributed by atoms with Crippen LogP contribution in [0.15, 0.2) is 18.2 Å². The largest absolute Gasteiger partial charge is 0.493 e. The molecule has 1 heterocycles. The van der Waals surface area contributed by atoms with Gasteiger partial charge in [0.15, 0.2) is 0 Å². The second-order valence-electron chi connectivity index (χ2n) is 9.58.